The van der Waals surface area contributed by atoms with E-state index < -0.39 is 11.9 Å². The molecule has 1 amide bonds. The minimum atomic E-state index is -1.20. The standard InChI is InChI=1S/C13H9ClN2O3/c14-8-3-5-9(6-4-8)16-12(17)11-10(13(18)19)2-1-7-15-11/h1-7H,(H,16,17)(H,18,19). The number of nitrogens with zero attached hydrogens (tertiary/aromatic N) is 1. The van der Waals surface area contributed by atoms with Gasteiger partial charge in [0.25, 0.3) is 5.91 Å². The first-order chi connectivity index (χ1) is 9.08. The fourth-order valence-corrected chi connectivity index (χ4v) is 1.61. The van der Waals surface area contributed by atoms with Gasteiger partial charge in [-0.3, -0.25) is 9.78 Å². The molecule has 0 spiro atoms. The van der Waals surface area contributed by atoms with Crippen molar-refractivity contribution in [1.29, 1.82) is 0 Å². The monoisotopic (exact) mass is 276 g/mol. The second kappa shape index (κ2) is 5.49. The molecule has 0 aliphatic carbocycles. The first-order valence-electron chi connectivity index (χ1n) is 5.33. The number of carbonyl (C=O) groups excluding carboxylic acids is 1. The van der Waals surface area contributed by atoms with Crippen molar-refractivity contribution in [2.75, 3.05) is 5.32 Å². The van der Waals surface area contributed by atoms with E-state index in [1.54, 1.807) is 24.3 Å². The third-order valence-electron chi connectivity index (χ3n) is 2.36. The van der Waals surface area contributed by atoms with Crippen LogP contribution in [0.15, 0.2) is 42.6 Å². The second-order valence-corrected chi connectivity index (χ2v) is 4.10. The lowest BCUT2D eigenvalue weighted by atomic mass is 10.2. The van der Waals surface area contributed by atoms with Crippen molar-refractivity contribution in [3.63, 3.8) is 0 Å². The predicted molar refractivity (Wildman–Crippen MR) is 70.6 cm³/mol. The fraction of sp³-hybridized carbons (Fsp3) is 0. The first-order valence-corrected chi connectivity index (χ1v) is 5.71. The van der Waals surface area contributed by atoms with Crippen molar-refractivity contribution in [2.24, 2.45) is 0 Å². The fourth-order valence-electron chi connectivity index (χ4n) is 1.48. The summed E-state index contributed by atoms with van der Waals surface area (Å²) in [4.78, 5) is 26.7. The maximum Gasteiger partial charge on any atom is 0.338 e. The molecule has 0 aliphatic rings. The van der Waals surface area contributed by atoms with Crippen molar-refractivity contribution >= 4 is 29.2 Å². The largest absolute Gasteiger partial charge is 0.478 e. The highest BCUT2D eigenvalue weighted by molar-refractivity contribution is 6.30. The quantitative estimate of drug-likeness (QED) is 0.903. The van der Waals surface area contributed by atoms with Crippen LogP contribution in [0.4, 0.5) is 5.69 Å². The molecule has 19 heavy (non-hydrogen) atoms. The van der Waals surface area contributed by atoms with Crippen molar-refractivity contribution < 1.29 is 14.7 Å². The number of aromatic carboxylic acids is 1. The zero-order valence-electron chi connectivity index (χ0n) is 9.63. The van der Waals surface area contributed by atoms with Gasteiger partial charge in [0.15, 0.2) is 0 Å². The average molecular weight is 277 g/mol. The van der Waals surface area contributed by atoms with Gasteiger partial charge in [-0.1, -0.05) is 11.6 Å². The summed E-state index contributed by atoms with van der Waals surface area (Å²) >= 11 is 5.73. The predicted octanol–water partition coefficient (Wildman–Crippen LogP) is 2.69. The second-order valence-electron chi connectivity index (χ2n) is 3.67. The van der Waals surface area contributed by atoms with Gasteiger partial charge in [0.2, 0.25) is 0 Å². The van der Waals surface area contributed by atoms with E-state index in [9.17, 15) is 9.59 Å². The molecule has 0 saturated heterocycles. The third-order valence-corrected chi connectivity index (χ3v) is 2.61. The summed E-state index contributed by atoms with van der Waals surface area (Å²) in [6.07, 6.45) is 1.36. The number of anilines is 1. The molecule has 0 saturated carbocycles. The van der Waals surface area contributed by atoms with E-state index in [1.807, 2.05) is 0 Å². The SMILES string of the molecule is O=C(O)c1cccnc1C(=O)Nc1ccc(Cl)cc1. The molecule has 1 aromatic carbocycles. The molecule has 6 heteroatoms. The molecule has 0 bridgehead atoms. The number of pyridine rings is 1. The Kier molecular flexibility index (Phi) is 3.77. The Labute approximate surface area is 113 Å². The summed E-state index contributed by atoms with van der Waals surface area (Å²) < 4.78 is 0. The summed E-state index contributed by atoms with van der Waals surface area (Å²) in [5.74, 6) is -1.78. The van der Waals surface area contributed by atoms with Gasteiger partial charge in [-0.15, -0.1) is 0 Å². The smallest absolute Gasteiger partial charge is 0.338 e. The number of benzene rings is 1. The van der Waals surface area contributed by atoms with Crippen molar-refractivity contribution in [3.05, 3.63) is 58.9 Å². The molecule has 2 rings (SSSR count). The van der Waals surface area contributed by atoms with E-state index >= 15 is 0 Å². The number of halogens is 1. The number of hydrogen-bond acceptors (Lipinski definition) is 3. The van der Waals surface area contributed by atoms with Crippen LogP contribution in [0.1, 0.15) is 20.8 Å². The lowest BCUT2D eigenvalue weighted by Gasteiger charge is -2.06. The molecule has 1 aromatic heterocycles. The Morgan fingerprint density at radius 2 is 1.84 bits per heavy atom. The molecule has 5 nitrogen and oxygen atoms in total. The Morgan fingerprint density at radius 1 is 1.16 bits per heavy atom. The van der Waals surface area contributed by atoms with E-state index in [-0.39, 0.29) is 11.3 Å². The first kappa shape index (κ1) is 13.0. The molecule has 1 heterocycles. The van der Waals surface area contributed by atoms with Crippen LogP contribution in [0.3, 0.4) is 0 Å². The van der Waals surface area contributed by atoms with E-state index in [2.05, 4.69) is 10.3 Å². The maximum atomic E-state index is 12.0. The van der Waals surface area contributed by atoms with Crippen LogP contribution < -0.4 is 5.32 Å². The topological polar surface area (TPSA) is 79.3 Å². The summed E-state index contributed by atoms with van der Waals surface area (Å²) in [5, 5.41) is 12.1. The number of carbonyl (C=O) groups is 2. The van der Waals surface area contributed by atoms with Crippen LogP contribution in [-0.4, -0.2) is 22.0 Å². The molecule has 0 unspecified atom stereocenters. The number of hydrogen-bond donors (Lipinski definition) is 2. The highest BCUT2D eigenvalue weighted by Crippen LogP contribution is 2.15. The van der Waals surface area contributed by atoms with Gasteiger partial charge in [0, 0.05) is 16.9 Å². The Bertz CT molecular complexity index is 626. The third kappa shape index (κ3) is 3.08. The molecule has 0 aliphatic heterocycles. The maximum absolute atomic E-state index is 12.0. The van der Waals surface area contributed by atoms with Gasteiger partial charge in [-0.05, 0) is 36.4 Å². The number of rotatable bonds is 3. The van der Waals surface area contributed by atoms with Gasteiger partial charge < -0.3 is 10.4 Å². The van der Waals surface area contributed by atoms with Crippen LogP contribution in [0.2, 0.25) is 5.02 Å². The molecule has 0 radical (unpaired) electrons. The lowest BCUT2D eigenvalue weighted by molar-refractivity contribution is 0.0691. The van der Waals surface area contributed by atoms with Crippen molar-refractivity contribution in [1.82, 2.24) is 4.98 Å². The minimum absolute atomic E-state index is 0.134. The number of carboxylic acids is 1. The van der Waals surface area contributed by atoms with E-state index in [1.165, 1.54) is 18.3 Å². The summed E-state index contributed by atoms with van der Waals surface area (Å²) in [7, 11) is 0. The van der Waals surface area contributed by atoms with Gasteiger partial charge >= 0.3 is 5.97 Å². The van der Waals surface area contributed by atoms with Crippen LogP contribution in [0, 0.1) is 0 Å². The molecular formula is C13H9ClN2O3. The van der Waals surface area contributed by atoms with E-state index in [0.29, 0.717) is 10.7 Å². The zero-order valence-corrected chi connectivity index (χ0v) is 10.4. The number of carboxylic acid groups (broad SMARTS) is 1. The van der Waals surface area contributed by atoms with E-state index in [4.69, 9.17) is 16.7 Å². The van der Waals surface area contributed by atoms with Crippen molar-refractivity contribution in [2.45, 2.75) is 0 Å². The molecular weight excluding hydrogens is 268 g/mol. The highest BCUT2D eigenvalue weighted by atomic mass is 35.5. The number of nitrogens with one attached hydrogen (secondary N) is 1. The van der Waals surface area contributed by atoms with Gasteiger partial charge in [-0.2, -0.15) is 0 Å². The van der Waals surface area contributed by atoms with Crippen LogP contribution in [0.5, 0.6) is 0 Å². The Balaban J connectivity index is 2.25. The van der Waals surface area contributed by atoms with Crippen LogP contribution in [-0.2, 0) is 0 Å². The van der Waals surface area contributed by atoms with Crippen molar-refractivity contribution in [3.8, 4) is 0 Å². The molecule has 0 atom stereocenters. The minimum Gasteiger partial charge on any atom is -0.478 e. The Hall–Kier alpha value is -2.40. The summed E-state index contributed by atoms with van der Waals surface area (Å²) in [6.45, 7) is 0. The number of aromatic nitrogens is 1. The average Bonchev–Trinajstić information content (AvgIpc) is 2.41. The summed E-state index contributed by atoms with van der Waals surface area (Å²) in [5.41, 5.74) is 0.232. The molecule has 2 N–H and O–H groups in total. The van der Waals surface area contributed by atoms with Crippen LogP contribution in [0.25, 0.3) is 0 Å². The molecule has 2 aromatic rings. The van der Waals surface area contributed by atoms with Gasteiger partial charge in [0.05, 0.1) is 5.56 Å². The zero-order chi connectivity index (χ0) is 13.8. The molecule has 96 valence electrons. The summed E-state index contributed by atoms with van der Waals surface area (Å²) in [6, 6.07) is 9.25. The lowest BCUT2D eigenvalue weighted by Crippen LogP contribution is -2.18. The van der Waals surface area contributed by atoms with Gasteiger partial charge in [0.1, 0.15) is 5.69 Å². The van der Waals surface area contributed by atoms with E-state index in [0.717, 1.165) is 0 Å². The van der Waals surface area contributed by atoms with Crippen LogP contribution >= 0.6 is 11.6 Å². The molecule has 0 fully saturated rings. The highest BCUT2D eigenvalue weighted by Gasteiger charge is 2.17. The van der Waals surface area contributed by atoms with Gasteiger partial charge in [-0.25, -0.2) is 4.79 Å². The normalized spacial score (nSPS) is 9.95. The number of amides is 1. The Morgan fingerprint density at radius 3 is 2.47 bits per heavy atom.